The van der Waals surface area contributed by atoms with E-state index in [4.69, 9.17) is 12.2 Å². The van der Waals surface area contributed by atoms with Gasteiger partial charge in [0.15, 0.2) is 0 Å². The molecule has 2 nitrogen and oxygen atoms in total. The van der Waals surface area contributed by atoms with Crippen LogP contribution < -0.4 is 0 Å². The summed E-state index contributed by atoms with van der Waals surface area (Å²) in [6.07, 6.45) is 2.96. The molecule has 1 aromatic rings. The van der Waals surface area contributed by atoms with Crippen LogP contribution in [0.4, 0.5) is 0 Å². The fraction of sp³-hybridized carbons (Fsp3) is 0.286. The summed E-state index contributed by atoms with van der Waals surface area (Å²) in [5.41, 5.74) is 1.47. The molecule has 1 aliphatic rings. The maximum atomic E-state index is 12.0. The molecule has 2 rings (SSSR count). The van der Waals surface area contributed by atoms with E-state index in [1.807, 2.05) is 18.2 Å². The normalized spacial score (nSPS) is 13.4. The highest BCUT2D eigenvalue weighted by atomic mass is 32.1. The van der Waals surface area contributed by atoms with E-state index in [-0.39, 0.29) is 5.91 Å². The molecule has 0 bridgehead atoms. The third-order valence-electron chi connectivity index (χ3n) is 2.64. The van der Waals surface area contributed by atoms with Crippen LogP contribution in [0.15, 0.2) is 24.3 Å². The smallest absolute Gasteiger partial charge is 0.268 e. The Morgan fingerprint density at radius 1 is 1.29 bits per heavy atom. The number of fused-ring (bicyclic) bond motifs is 1. The maximum Gasteiger partial charge on any atom is 0.271 e. The van der Waals surface area contributed by atoms with Crippen molar-refractivity contribution in [1.29, 1.82) is 0 Å². The Labute approximate surface area is 107 Å². The lowest BCUT2D eigenvalue weighted by atomic mass is 10.1. The Morgan fingerprint density at radius 3 is 2.65 bits per heavy atom. The van der Waals surface area contributed by atoms with Crippen LogP contribution in [-0.4, -0.2) is 15.8 Å². The van der Waals surface area contributed by atoms with E-state index in [1.54, 1.807) is 6.07 Å². The van der Waals surface area contributed by atoms with Crippen molar-refractivity contribution in [3.63, 3.8) is 0 Å². The minimum Gasteiger partial charge on any atom is -0.268 e. The number of benzene rings is 1. The highest BCUT2D eigenvalue weighted by Gasteiger charge is 2.30. The highest BCUT2D eigenvalue weighted by molar-refractivity contribution is 7.80. The Kier molecular flexibility index (Phi) is 3.55. The Hall–Kier alpha value is -1.66. The molecule has 1 aliphatic heterocycles. The van der Waals surface area contributed by atoms with Crippen LogP contribution in [0, 0.1) is 12.0 Å². The summed E-state index contributed by atoms with van der Waals surface area (Å²) in [7, 11) is 0. The van der Waals surface area contributed by atoms with Gasteiger partial charge in [0.05, 0.1) is 5.56 Å². The van der Waals surface area contributed by atoms with Gasteiger partial charge in [-0.25, -0.2) is 4.90 Å². The molecule has 17 heavy (non-hydrogen) atoms. The molecule has 0 atom stereocenters. The summed E-state index contributed by atoms with van der Waals surface area (Å²) >= 11 is 5.25. The van der Waals surface area contributed by atoms with Gasteiger partial charge < -0.3 is 0 Å². The molecule has 0 aliphatic carbocycles. The summed E-state index contributed by atoms with van der Waals surface area (Å²) in [6.45, 7) is 2.11. The molecule has 0 fully saturated rings. The molecule has 0 N–H and O–H groups in total. The first kappa shape index (κ1) is 11.8. The van der Waals surface area contributed by atoms with Crippen molar-refractivity contribution in [3.8, 4) is 12.0 Å². The lowest BCUT2D eigenvalue weighted by molar-refractivity contribution is 0.0907. The summed E-state index contributed by atoms with van der Waals surface area (Å²) in [5, 5.41) is 0. The Morgan fingerprint density at radius 2 is 2.00 bits per heavy atom. The average Bonchev–Trinajstić information content (AvgIpc) is 2.60. The monoisotopic (exact) mass is 243 g/mol. The predicted octanol–water partition coefficient (Wildman–Crippen LogP) is 2.97. The number of hydrogen-bond donors (Lipinski definition) is 0. The second kappa shape index (κ2) is 5.11. The standard InChI is InChI=1S/C14H13NOS/c1-2-3-4-7-10-15-13(16)11-8-5-6-9-12(11)14(15)17/h5-6,8-9H,2-4H2,1H3. The van der Waals surface area contributed by atoms with Gasteiger partial charge in [0.2, 0.25) is 0 Å². The van der Waals surface area contributed by atoms with Crippen LogP contribution in [0.3, 0.4) is 0 Å². The highest BCUT2D eigenvalue weighted by Crippen LogP contribution is 2.22. The fourth-order valence-corrected chi connectivity index (χ4v) is 2.00. The zero-order valence-corrected chi connectivity index (χ0v) is 10.5. The summed E-state index contributed by atoms with van der Waals surface area (Å²) in [4.78, 5) is 13.9. The molecule has 0 saturated carbocycles. The first-order chi connectivity index (χ1) is 8.25. The van der Waals surface area contributed by atoms with Crippen molar-refractivity contribution in [3.05, 3.63) is 35.4 Å². The van der Waals surface area contributed by atoms with E-state index in [0.29, 0.717) is 10.6 Å². The van der Waals surface area contributed by atoms with Crippen molar-refractivity contribution >= 4 is 23.1 Å². The lowest BCUT2D eigenvalue weighted by Crippen LogP contribution is -2.23. The van der Waals surface area contributed by atoms with E-state index in [2.05, 4.69) is 18.9 Å². The Balaban J connectivity index is 2.21. The SMILES string of the molecule is CCCCC#CN1C(=O)c2ccccc2C1=S. The number of carbonyl (C=O) groups excluding carboxylic acids is 1. The zero-order valence-electron chi connectivity index (χ0n) is 9.69. The van der Waals surface area contributed by atoms with Gasteiger partial charge in [0.1, 0.15) is 4.99 Å². The number of thiocarbonyl (C=S) groups is 1. The van der Waals surface area contributed by atoms with Crippen molar-refractivity contribution in [2.75, 3.05) is 0 Å². The molecule has 3 heteroatoms. The maximum absolute atomic E-state index is 12.0. The van der Waals surface area contributed by atoms with Gasteiger partial charge in [-0.3, -0.25) is 4.79 Å². The average molecular weight is 243 g/mol. The largest absolute Gasteiger partial charge is 0.271 e. The number of amides is 1. The van der Waals surface area contributed by atoms with Crippen molar-refractivity contribution in [2.45, 2.75) is 26.2 Å². The van der Waals surface area contributed by atoms with Crippen LogP contribution in [0.5, 0.6) is 0 Å². The van der Waals surface area contributed by atoms with Crippen LogP contribution in [0.2, 0.25) is 0 Å². The quantitative estimate of drug-likeness (QED) is 0.452. The minimum atomic E-state index is -0.102. The van der Waals surface area contributed by atoms with E-state index in [1.165, 1.54) is 4.90 Å². The third kappa shape index (κ3) is 2.22. The molecule has 0 spiro atoms. The molecular formula is C14H13NOS. The van der Waals surface area contributed by atoms with E-state index in [0.717, 1.165) is 24.8 Å². The van der Waals surface area contributed by atoms with Crippen molar-refractivity contribution in [1.82, 2.24) is 4.90 Å². The van der Waals surface area contributed by atoms with Crippen LogP contribution in [-0.2, 0) is 0 Å². The minimum absolute atomic E-state index is 0.102. The summed E-state index contributed by atoms with van der Waals surface area (Å²) < 4.78 is 0. The molecule has 0 radical (unpaired) electrons. The van der Waals surface area contributed by atoms with Gasteiger partial charge in [0.25, 0.3) is 5.91 Å². The van der Waals surface area contributed by atoms with Crippen LogP contribution >= 0.6 is 12.2 Å². The van der Waals surface area contributed by atoms with Gasteiger partial charge in [0, 0.05) is 18.0 Å². The topological polar surface area (TPSA) is 20.3 Å². The first-order valence-corrected chi connectivity index (χ1v) is 6.13. The molecule has 0 aromatic heterocycles. The van der Waals surface area contributed by atoms with Gasteiger partial charge >= 0.3 is 0 Å². The first-order valence-electron chi connectivity index (χ1n) is 5.72. The number of unbranched alkanes of at least 4 members (excludes halogenated alkanes) is 2. The zero-order chi connectivity index (χ0) is 12.3. The van der Waals surface area contributed by atoms with Crippen molar-refractivity contribution in [2.24, 2.45) is 0 Å². The van der Waals surface area contributed by atoms with Crippen molar-refractivity contribution < 1.29 is 4.79 Å². The molecule has 1 amide bonds. The molecule has 0 unspecified atom stereocenters. The fourth-order valence-electron chi connectivity index (χ4n) is 1.69. The van der Waals surface area contributed by atoms with E-state index in [9.17, 15) is 4.79 Å². The lowest BCUT2D eigenvalue weighted by Gasteiger charge is -2.05. The van der Waals surface area contributed by atoms with Gasteiger partial charge in [-0.05, 0) is 12.5 Å². The van der Waals surface area contributed by atoms with Gasteiger partial charge in [-0.15, -0.1) is 0 Å². The molecule has 86 valence electrons. The summed E-state index contributed by atoms with van der Waals surface area (Å²) in [6, 6.07) is 10.2. The molecular weight excluding hydrogens is 230 g/mol. The number of rotatable bonds is 2. The van der Waals surface area contributed by atoms with Crippen LogP contribution in [0.25, 0.3) is 0 Å². The summed E-state index contributed by atoms with van der Waals surface area (Å²) in [5.74, 6) is 2.89. The molecule has 1 heterocycles. The van der Waals surface area contributed by atoms with E-state index < -0.39 is 0 Å². The van der Waals surface area contributed by atoms with E-state index >= 15 is 0 Å². The Bertz CT molecular complexity index is 490. The van der Waals surface area contributed by atoms with Gasteiger partial charge in [-0.2, -0.15) is 0 Å². The second-order valence-electron chi connectivity index (χ2n) is 3.88. The third-order valence-corrected chi connectivity index (χ3v) is 3.04. The number of hydrogen-bond acceptors (Lipinski definition) is 2. The van der Waals surface area contributed by atoms with Crippen LogP contribution in [0.1, 0.15) is 42.1 Å². The second-order valence-corrected chi connectivity index (χ2v) is 4.27. The molecule has 0 saturated heterocycles. The van der Waals surface area contributed by atoms with Gasteiger partial charge in [-0.1, -0.05) is 49.7 Å². The molecule has 1 aromatic carbocycles. The number of carbonyl (C=O) groups is 1. The predicted molar refractivity (Wildman–Crippen MR) is 71.6 cm³/mol. The number of nitrogens with zero attached hydrogens (tertiary/aromatic N) is 1.